The van der Waals surface area contributed by atoms with Gasteiger partial charge in [-0.2, -0.15) is 5.10 Å². The van der Waals surface area contributed by atoms with Crippen molar-refractivity contribution in [1.82, 2.24) is 15.1 Å². The summed E-state index contributed by atoms with van der Waals surface area (Å²) in [6.45, 7) is 9.12. The Morgan fingerprint density at radius 2 is 1.97 bits per heavy atom. The molecule has 1 aliphatic carbocycles. The van der Waals surface area contributed by atoms with Gasteiger partial charge in [-0.15, -0.1) is 0 Å². The molecule has 0 aromatic carbocycles. The van der Waals surface area contributed by atoms with E-state index in [1.54, 1.807) is 0 Å². The Morgan fingerprint density at radius 3 is 2.70 bits per heavy atom. The lowest BCUT2D eigenvalue weighted by Crippen LogP contribution is -2.30. The summed E-state index contributed by atoms with van der Waals surface area (Å²) in [5.74, 6) is -0.0379. The molecule has 1 aliphatic heterocycles. The molecule has 0 unspecified atom stereocenters. The van der Waals surface area contributed by atoms with Crippen LogP contribution in [0.25, 0.3) is 0 Å². The SMILES string of the molecule is CCc1nn(CC(C)(C)COC(=O)C2CCCC2)c2c1C(=O)NCCCOCCC2. The van der Waals surface area contributed by atoms with Gasteiger partial charge in [-0.1, -0.05) is 33.6 Å². The van der Waals surface area contributed by atoms with Gasteiger partial charge in [0, 0.05) is 31.7 Å². The molecule has 1 amide bonds. The Bertz CT molecular complexity index is 735. The second-order valence-electron chi connectivity index (χ2n) is 9.36. The number of carbonyl (C=O) groups is 2. The first-order chi connectivity index (χ1) is 14.4. The van der Waals surface area contributed by atoms with Gasteiger partial charge in [-0.3, -0.25) is 14.3 Å². The first-order valence-corrected chi connectivity index (χ1v) is 11.5. The molecule has 1 saturated carbocycles. The number of amides is 1. The molecule has 7 heteroatoms. The minimum absolute atomic E-state index is 0.0412. The third-order valence-electron chi connectivity index (χ3n) is 6.02. The van der Waals surface area contributed by atoms with E-state index in [-0.39, 0.29) is 23.2 Å². The highest BCUT2D eigenvalue weighted by atomic mass is 16.5. The highest BCUT2D eigenvalue weighted by molar-refractivity contribution is 5.96. The van der Waals surface area contributed by atoms with Crippen molar-refractivity contribution in [1.29, 1.82) is 0 Å². The van der Waals surface area contributed by atoms with Gasteiger partial charge in [0.05, 0.1) is 29.5 Å². The monoisotopic (exact) mass is 419 g/mol. The number of ether oxygens (including phenoxy) is 2. The maximum atomic E-state index is 12.9. The minimum atomic E-state index is -0.280. The Hall–Kier alpha value is -1.89. The van der Waals surface area contributed by atoms with Gasteiger partial charge in [0.2, 0.25) is 0 Å². The quantitative estimate of drug-likeness (QED) is 0.716. The molecule has 2 aliphatic rings. The van der Waals surface area contributed by atoms with E-state index in [1.165, 1.54) is 0 Å². The van der Waals surface area contributed by atoms with Crippen LogP contribution < -0.4 is 5.32 Å². The third kappa shape index (κ3) is 5.84. The second kappa shape index (κ2) is 10.4. The van der Waals surface area contributed by atoms with Gasteiger partial charge in [-0.05, 0) is 38.5 Å². The summed E-state index contributed by atoms with van der Waals surface area (Å²) in [4.78, 5) is 25.2. The first kappa shape index (κ1) is 22.8. The molecule has 1 fully saturated rings. The van der Waals surface area contributed by atoms with Gasteiger partial charge in [0.1, 0.15) is 0 Å². The topological polar surface area (TPSA) is 82.5 Å². The predicted octanol–water partition coefficient (Wildman–Crippen LogP) is 3.29. The molecule has 1 aromatic heterocycles. The molecule has 0 radical (unpaired) electrons. The van der Waals surface area contributed by atoms with Gasteiger partial charge in [0.15, 0.2) is 0 Å². The summed E-state index contributed by atoms with van der Waals surface area (Å²) in [7, 11) is 0. The Labute approximate surface area is 179 Å². The fraction of sp³-hybridized carbons (Fsp3) is 0.783. The number of hydrogen-bond acceptors (Lipinski definition) is 5. The molecule has 30 heavy (non-hydrogen) atoms. The Balaban J connectivity index is 1.75. The maximum Gasteiger partial charge on any atom is 0.308 e. The number of nitrogens with zero attached hydrogens (tertiary/aromatic N) is 2. The molecule has 0 spiro atoms. The third-order valence-corrected chi connectivity index (χ3v) is 6.02. The zero-order valence-electron chi connectivity index (χ0n) is 18.8. The summed E-state index contributed by atoms with van der Waals surface area (Å²) in [6.07, 6.45) is 7.25. The summed E-state index contributed by atoms with van der Waals surface area (Å²) in [6, 6.07) is 0. The van der Waals surface area contributed by atoms with Crippen molar-refractivity contribution in [3.05, 3.63) is 17.0 Å². The van der Waals surface area contributed by atoms with E-state index < -0.39 is 0 Å². The van der Waals surface area contributed by atoms with Crippen molar-refractivity contribution in [2.24, 2.45) is 11.3 Å². The molecular weight excluding hydrogens is 382 g/mol. The number of carbonyl (C=O) groups excluding carboxylic acids is 2. The summed E-state index contributed by atoms with van der Waals surface area (Å²) in [5, 5.41) is 7.81. The van der Waals surface area contributed by atoms with Crippen LogP contribution in [0.2, 0.25) is 0 Å². The van der Waals surface area contributed by atoms with Crippen molar-refractivity contribution in [3.8, 4) is 0 Å². The highest BCUT2D eigenvalue weighted by Crippen LogP contribution is 2.28. The molecule has 2 heterocycles. The normalized spacial score (nSPS) is 19.1. The molecular formula is C23H37N3O4. The van der Waals surface area contributed by atoms with Gasteiger partial charge in [0.25, 0.3) is 5.91 Å². The number of aromatic nitrogens is 2. The first-order valence-electron chi connectivity index (χ1n) is 11.5. The average Bonchev–Trinajstić information content (AvgIpc) is 3.35. The van der Waals surface area contributed by atoms with E-state index in [2.05, 4.69) is 19.2 Å². The van der Waals surface area contributed by atoms with E-state index in [4.69, 9.17) is 14.6 Å². The van der Waals surface area contributed by atoms with Crippen molar-refractivity contribution < 1.29 is 19.1 Å². The van der Waals surface area contributed by atoms with Gasteiger partial charge in [-0.25, -0.2) is 0 Å². The molecule has 0 atom stereocenters. The Kier molecular flexibility index (Phi) is 7.92. The minimum Gasteiger partial charge on any atom is -0.465 e. The van der Waals surface area contributed by atoms with E-state index in [9.17, 15) is 9.59 Å². The molecule has 0 bridgehead atoms. The number of rotatable bonds is 6. The number of hydrogen-bond donors (Lipinski definition) is 1. The van der Waals surface area contributed by atoms with Crippen LogP contribution in [0, 0.1) is 11.3 Å². The van der Waals surface area contributed by atoms with Crippen LogP contribution >= 0.6 is 0 Å². The molecule has 7 nitrogen and oxygen atoms in total. The van der Waals surface area contributed by atoms with Crippen LogP contribution in [0.15, 0.2) is 0 Å². The van der Waals surface area contributed by atoms with Crippen molar-refractivity contribution >= 4 is 11.9 Å². The van der Waals surface area contributed by atoms with Crippen LogP contribution in [0.4, 0.5) is 0 Å². The predicted molar refractivity (Wildman–Crippen MR) is 114 cm³/mol. The Morgan fingerprint density at radius 1 is 1.23 bits per heavy atom. The summed E-state index contributed by atoms with van der Waals surface area (Å²) in [5.41, 5.74) is 2.24. The average molecular weight is 420 g/mol. The van der Waals surface area contributed by atoms with Crippen LogP contribution in [0.5, 0.6) is 0 Å². The second-order valence-corrected chi connectivity index (χ2v) is 9.36. The lowest BCUT2D eigenvalue weighted by atomic mass is 9.94. The van der Waals surface area contributed by atoms with Crippen LogP contribution in [-0.4, -0.2) is 48.0 Å². The van der Waals surface area contributed by atoms with Gasteiger partial charge >= 0.3 is 5.97 Å². The highest BCUT2D eigenvalue weighted by Gasteiger charge is 2.30. The smallest absolute Gasteiger partial charge is 0.308 e. The molecule has 1 N–H and O–H groups in total. The lowest BCUT2D eigenvalue weighted by molar-refractivity contribution is -0.151. The number of aryl methyl sites for hydroxylation is 1. The van der Waals surface area contributed by atoms with Crippen LogP contribution in [0.3, 0.4) is 0 Å². The molecule has 3 rings (SSSR count). The number of nitrogens with one attached hydrogen (secondary N) is 1. The van der Waals surface area contributed by atoms with Crippen molar-refractivity contribution in [3.63, 3.8) is 0 Å². The summed E-state index contributed by atoms with van der Waals surface area (Å²) >= 11 is 0. The standard InChI is InChI=1S/C23H37N3O4/c1-4-18-20-19(11-7-13-29-14-8-12-24-21(20)27)26(25-18)15-23(2,3)16-30-22(28)17-9-5-6-10-17/h17H,4-16H2,1-3H3,(H,24,27). The molecule has 0 saturated heterocycles. The zero-order chi connectivity index (χ0) is 21.6. The summed E-state index contributed by atoms with van der Waals surface area (Å²) < 4.78 is 13.3. The molecule has 168 valence electrons. The van der Waals surface area contributed by atoms with Crippen LogP contribution in [0.1, 0.15) is 81.0 Å². The van der Waals surface area contributed by atoms with Crippen molar-refractivity contribution in [2.75, 3.05) is 26.4 Å². The van der Waals surface area contributed by atoms with E-state index in [1.807, 2.05) is 11.6 Å². The fourth-order valence-electron chi connectivity index (χ4n) is 4.35. The zero-order valence-corrected chi connectivity index (χ0v) is 18.8. The van der Waals surface area contributed by atoms with E-state index in [0.29, 0.717) is 39.3 Å². The maximum absolute atomic E-state index is 12.9. The van der Waals surface area contributed by atoms with Gasteiger partial charge < -0.3 is 14.8 Å². The lowest BCUT2D eigenvalue weighted by Gasteiger charge is -2.26. The molecule has 1 aromatic rings. The van der Waals surface area contributed by atoms with Crippen LogP contribution in [-0.2, 0) is 33.7 Å². The number of esters is 1. The van der Waals surface area contributed by atoms with Crippen molar-refractivity contribution in [2.45, 2.75) is 78.7 Å². The number of fused-ring (bicyclic) bond motifs is 1. The fourth-order valence-corrected chi connectivity index (χ4v) is 4.35. The largest absolute Gasteiger partial charge is 0.465 e. The van der Waals surface area contributed by atoms with E-state index >= 15 is 0 Å². The van der Waals surface area contributed by atoms with E-state index in [0.717, 1.165) is 61.9 Å².